The molecule has 21 heavy (non-hydrogen) atoms. The second kappa shape index (κ2) is 5.32. The van der Waals surface area contributed by atoms with Crippen LogP contribution in [0, 0.1) is 0 Å². The molecule has 2 aromatic carbocycles. The minimum absolute atomic E-state index is 0.0929. The van der Waals surface area contributed by atoms with E-state index in [0.29, 0.717) is 6.61 Å². The fourth-order valence-electron chi connectivity index (χ4n) is 2.80. The molecule has 0 amide bonds. The first-order valence-corrected chi connectivity index (χ1v) is 7.38. The van der Waals surface area contributed by atoms with Gasteiger partial charge >= 0.3 is 0 Å². The normalized spacial score (nSPS) is 18.7. The van der Waals surface area contributed by atoms with E-state index in [-0.39, 0.29) is 11.6 Å². The number of para-hydroxylation sites is 3. The summed E-state index contributed by atoms with van der Waals surface area (Å²) >= 11 is 0. The Balaban J connectivity index is 1.94. The Morgan fingerprint density at radius 3 is 2.62 bits per heavy atom. The van der Waals surface area contributed by atoms with Crippen molar-refractivity contribution in [3.63, 3.8) is 0 Å². The molecule has 1 N–H and O–H groups in total. The number of anilines is 1. The maximum absolute atomic E-state index is 6.08. The molecule has 0 fully saturated rings. The van der Waals surface area contributed by atoms with Crippen LogP contribution in [0.2, 0.25) is 0 Å². The monoisotopic (exact) mass is 283 g/mol. The quantitative estimate of drug-likeness (QED) is 0.901. The molecule has 3 nitrogen and oxygen atoms in total. The Hall–Kier alpha value is -2.16. The summed E-state index contributed by atoms with van der Waals surface area (Å²) < 4.78 is 11.8. The van der Waals surface area contributed by atoms with Gasteiger partial charge in [0.05, 0.1) is 18.3 Å². The highest BCUT2D eigenvalue weighted by Crippen LogP contribution is 2.45. The molecule has 0 bridgehead atoms. The van der Waals surface area contributed by atoms with Crippen LogP contribution < -0.4 is 14.8 Å². The van der Waals surface area contributed by atoms with Crippen molar-refractivity contribution in [1.29, 1.82) is 0 Å². The molecule has 0 saturated heterocycles. The number of fused-ring (bicyclic) bond motifs is 1. The summed E-state index contributed by atoms with van der Waals surface area (Å²) in [5.41, 5.74) is 1.88. The summed E-state index contributed by atoms with van der Waals surface area (Å²) in [5, 5.41) is 3.59. The molecule has 3 heteroatoms. The first-order valence-electron chi connectivity index (χ1n) is 7.38. The molecular formula is C18H21NO2. The van der Waals surface area contributed by atoms with Gasteiger partial charge in [-0.2, -0.15) is 0 Å². The maximum Gasteiger partial charge on any atom is 0.142 e. The molecule has 1 heterocycles. The molecule has 0 aromatic heterocycles. The Bertz CT molecular complexity index is 637. The lowest BCUT2D eigenvalue weighted by molar-refractivity contribution is 0.118. The molecular weight excluding hydrogens is 262 g/mol. The van der Waals surface area contributed by atoms with Crippen molar-refractivity contribution < 1.29 is 9.47 Å². The number of ether oxygens (including phenoxy) is 2. The molecule has 1 aliphatic rings. The van der Waals surface area contributed by atoms with Gasteiger partial charge in [0.15, 0.2) is 0 Å². The largest absolute Gasteiger partial charge is 0.492 e. The highest BCUT2D eigenvalue weighted by molar-refractivity contribution is 5.59. The lowest BCUT2D eigenvalue weighted by atomic mass is 9.94. The number of benzene rings is 2. The van der Waals surface area contributed by atoms with E-state index in [9.17, 15) is 0 Å². The zero-order chi connectivity index (χ0) is 14.9. The number of hydrogen-bond acceptors (Lipinski definition) is 3. The predicted octanol–water partition coefficient (Wildman–Crippen LogP) is 4.41. The van der Waals surface area contributed by atoms with Gasteiger partial charge < -0.3 is 14.8 Å². The molecule has 1 unspecified atom stereocenters. The highest BCUT2D eigenvalue weighted by Gasteiger charge is 2.41. The van der Waals surface area contributed by atoms with Gasteiger partial charge in [0.2, 0.25) is 0 Å². The second-order valence-electron chi connectivity index (χ2n) is 5.75. The summed E-state index contributed by atoms with van der Waals surface area (Å²) in [6, 6.07) is 16.3. The van der Waals surface area contributed by atoms with E-state index < -0.39 is 0 Å². The Morgan fingerprint density at radius 2 is 1.81 bits per heavy atom. The van der Waals surface area contributed by atoms with Crippen LogP contribution in [0.1, 0.15) is 32.4 Å². The minimum atomic E-state index is -0.303. The van der Waals surface area contributed by atoms with Gasteiger partial charge in [0.25, 0.3) is 0 Å². The maximum atomic E-state index is 6.08. The van der Waals surface area contributed by atoms with Crippen LogP contribution >= 0.6 is 0 Å². The van der Waals surface area contributed by atoms with Crippen molar-refractivity contribution >= 4 is 5.69 Å². The van der Waals surface area contributed by atoms with E-state index in [1.165, 1.54) is 5.56 Å². The van der Waals surface area contributed by atoms with Crippen LogP contribution in [-0.4, -0.2) is 12.2 Å². The molecule has 1 atom stereocenters. The van der Waals surface area contributed by atoms with Crippen LogP contribution in [0.25, 0.3) is 0 Å². The summed E-state index contributed by atoms with van der Waals surface area (Å²) in [6.45, 7) is 6.86. The lowest BCUT2D eigenvalue weighted by Gasteiger charge is -2.28. The Labute approximate surface area is 125 Å². The summed E-state index contributed by atoms with van der Waals surface area (Å²) in [4.78, 5) is 0. The standard InChI is InChI=1S/C18H21NO2/c1-4-20-16-12-8-6-10-14(16)19-17-13-9-5-7-11-15(13)21-18(17,2)3/h5-12,17,19H,4H2,1-3H3. The average Bonchev–Trinajstić information content (AvgIpc) is 2.72. The number of rotatable bonds is 4. The average molecular weight is 283 g/mol. The van der Waals surface area contributed by atoms with E-state index in [4.69, 9.17) is 9.47 Å². The van der Waals surface area contributed by atoms with Crippen LogP contribution in [-0.2, 0) is 0 Å². The third-order valence-corrected chi connectivity index (χ3v) is 3.78. The third-order valence-electron chi connectivity index (χ3n) is 3.78. The van der Waals surface area contributed by atoms with E-state index >= 15 is 0 Å². The smallest absolute Gasteiger partial charge is 0.142 e. The van der Waals surface area contributed by atoms with Crippen LogP contribution in [0.15, 0.2) is 48.5 Å². The highest BCUT2D eigenvalue weighted by atomic mass is 16.5. The minimum Gasteiger partial charge on any atom is -0.492 e. The summed E-state index contributed by atoms with van der Waals surface area (Å²) in [6.07, 6.45) is 0. The van der Waals surface area contributed by atoms with Gasteiger partial charge in [0, 0.05) is 5.56 Å². The summed E-state index contributed by atoms with van der Waals surface area (Å²) in [5.74, 6) is 1.83. The summed E-state index contributed by atoms with van der Waals surface area (Å²) in [7, 11) is 0. The number of hydrogen-bond donors (Lipinski definition) is 1. The van der Waals surface area contributed by atoms with Crippen molar-refractivity contribution in [2.24, 2.45) is 0 Å². The first-order chi connectivity index (χ1) is 10.1. The molecule has 0 saturated carbocycles. The van der Waals surface area contributed by atoms with Gasteiger partial charge in [0.1, 0.15) is 17.1 Å². The zero-order valence-electron chi connectivity index (χ0n) is 12.7. The number of nitrogens with one attached hydrogen (secondary N) is 1. The van der Waals surface area contributed by atoms with Crippen LogP contribution in [0.4, 0.5) is 5.69 Å². The zero-order valence-corrected chi connectivity index (χ0v) is 12.7. The third kappa shape index (κ3) is 2.56. The van der Waals surface area contributed by atoms with Gasteiger partial charge in [-0.25, -0.2) is 0 Å². The molecule has 3 rings (SSSR count). The Kier molecular flexibility index (Phi) is 3.50. The fourth-order valence-corrected chi connectivity index (χ4v) is 2.80. The van der Waals surface area contributed by atoms with Crippen LogP contribution in [0.3, 0.4) is 0 Å². The van der Waals surface area contributed by atoms with E-state index in [1.54, 1.807) is 0 Å². The Morgan fingerprint density at radius 1 is 1.10 bits per heavy atom. The van der Waals surface area contributed by atoms with Crippen molar-refractivity contribution in [2.45, 2.75) is 32.4 Å². The van der Waals surface area contributed by atoms with Crippen molar-refractivity contribution in [2.75, 3.05) is 11.9 Å². The van der Waals surface area contributed by atoms with Gasteiger partial charge in [-0.3, -0.25) is 0 Å². The van der Waals surface area contributed by atoms with Gasteiger partial charge in [-0.1, -0.05) is 30.3 Å². The topological polar surface area (TPSA) is 30.5 Å². The van der Waals surface area contributed by atoms with Gasteiger partial charge in [-0.15, -0.1) is 0 Å². The molecule has 1 aliphatic heterocycles. The van der Waals surface area contributed by atoms with E-state index in [2.05, 4.69) is 25.2 Å². The fraction of sp³-hybridized carbons (Fsp3) is 0.333. The molecule has 0 spiro atoms. The van der Waals surface area contributed by atoms with Crippen molar-refractivity contribution in [1.82, 2.24) is 0 Å². The predicted molar refractivity (Wildman–Crippen MR) is 85.1 cm³/mol. The lowest BCUT2D eigenvalue weighted by Crippen LogP contribution is -2.34. The van der Waals surface area contributed by atoms with Crippen molar-refractivity contribution in [3.05, 3.63) is 54.1 Å². The molecule has 0 radical (unpaired) electrons. The van der Waals surface area contributed by atoms with E-state index in [0.717, 1.165) is 17.2 Å². The van der Waals surface area contributed by atoms with Gasteiger partial charge in [-0.05, 0) is 39.0 Å². The van der Waals surface area contributed by atoms with Crippen molar-refractivity contribution in [3.8, 4) is 11.5 Å². The van der Waals surface area contributed by atoms with E-state index in [1.807, 2.05) is 49.4 Å². The van der Waals surface area contributed by atoms with Crippen LogP contribution in [0.5, 0.6) is 11.5 Å². The molecule has 110 valence electrons. The second-order valence-corrected chi connectivity index (χ2v) is 5.75. The molecule has 2 aromatic rings. The SMILES string of the molecule is CCOc1ccccc1NC1c2ccccc2OC1(C)C. The first kappa shape index (κ1) is 13.8. The molecule has 0 aliphatic carbocycles.